The Balaban J connectivity index is 1.81. The number of aliphatic hydroxyl groups is 1. The molecule has 2 unspecified atom stereocenters. The summed E-state index contributed by atoms with van der Waals surface area (Å²) in [6.45, 7) is 7.64. The second-order valence-electron chi connectivity index (χ2n) is 6.30. The van der Waals surface area contributed by atoms with Gasteiger partial charge in [0.25, 0.3) is 0 Å². The number of rotatable bonds is 7. The van der Waals surface area contributed by atoms with Crippen molar-refractivity contribution < 1.29 is 14.3 Å². The lowest BCUT2D eigenvalue weighted by Crippen LogP contribution is -2.56. The van der Waals surface area contributed by atoms with Crippen LogP contribution in [0.5, 0.6) is 0 Å². The Kier molecular flexibility index (Phi) is 7.15. The molecule has 2 atom stereocenters. The number of hydrogen-bond donors (Lipinski definition) is 2. The summed E-state index contributed by atoms with van der Waals surface area (Å²) in [5, 5.41) is 12.2. The number of hydrogen-bond acceptors (Lipinski definition) is 4. The van der Waals surface area contributed by atoms with Crippen LogP contribution >= 0.6 is 0 Å². The average Bonchev–Trinajstić information content (AvgIpc) is 2.62. The zero-order valence-electron chi connectivity index (χ0n) is 14.5. The van der Waals surface area contributed by atoms with Crippen molar-refractivity contribution in [3.63, 3.8) is 0 Å². The fraction of sp³-hybridized carbons (Fsp3) is 0.611. The number of amides is 1. The Bertz CT molecular complexity index is 529. The standard InChI is InChI=1S/C18H28FN3O2/c1-3-16(13-23)22-10-8-21(9-11-22)14(2)18(24)20-12-15-6-4-5-7-17(15)19/h4-7,14,16,23H,3,8-13H2,1-2H3,(H,20,24). The van der Waals surface area contributed by atoms with Crippen LogP contribution in [0.25, 0.3) is 0 Å². The van der Waals surface area contributed by atoms with Gasteiger partial charge in [0, 0.05) is 44.3 Å². The van der Waals surface area contributed by atoms with Crippen LogP contribution < -0.4 is 5.32 Å². The van der Waals surface area contributed by atoms with E-state index in [0.29, 0.717) is 5.56 Å². The number of benzene rings is 1. The summed E-state index contributed by atoms with van der Waals surface area (Å²) in [7, 11) is 0. The van der Waals surface area contributed by atoms with Gasteiger partial charge in [-0.2, -0.15) is 0 Å². The van der Waals surface area contributed by atoms with E-state index in [9.17, 15) is 14.3 Å². The fourth-order valence-electron chi connectivity index (χ4n) is 3.13. The molecule has 1 saturated heterocycles. The molecular weight excluding hydrogens is 309 g/mol. The van der Waals surface area contributed by atoms with Crippen LogP contribution in [-0.4, -0.2) is 65.7 Å². The lowest BCUT2D eigenvalue weighted by Gasteiger charge is -2.40. The summed E-state index contributed by atoms with van der Waals surface area (Å²) in [5.41, 5.74) is 0.497. The van der Waals surface area contributed by atoms with Gasteiger partial charge >= 0.3 is 0 Å². The summed E-state index contributed by atoms with van der Waals surface area (Å²) in [4.78, 5) is 16.7. The van der Waals surface area contributed by atoms with Crippen molar-refractivity contribution in [3.8, 4) is 0 Å². The Morgan fingerprint density at radius 1 is 1.25 bits per heavy atom. The Morgan fingerprint density at radius 2 is 1.88 bits per heavy atom. The summed E-state index contributed by atoms with van der Waals surface area (Å²) in [6, 6.07) is 6.44. The molecule has 2 N–H and O–H groups in total. The van der Waals surface area contributed by atoms with Crippen LogP contribution in [0.1, 0.15) is 25.8 Å². The van der Waals surface area contributed by atoms with E-state index in [1.807, 2.05) is 6.92 Å². The zero-order chi connectivity index (χ0) is 17.5. The molecule has 1 aromatic carbocycles. The van der Waals surface area contributed by atoms with Gasteiger partial charge in [-0.25, -0.2) is 4.39 Å². The molecule has 0 radical (unpaired) electrons. The number of carbonyl (C=O) groups is 1. The third-order valence-corrected chi connectivity index (χ3v) is 4.89. The van der Waals surface area contributed by atoms with Crippen molar-refractivity contribution in [1.29, 1.82) is 0 Å². The lowest BCUT2D eigenvalue weighted by molar-refractivity contribution is -0.127. The predicted molar refractivity (Wildman–Crippen MR) is 92.0 cm³/mol. The first-order valence-corrected chi connectivity index (χ1v) is 8.66. The molecule has 6 heteroatoms. The van der Waals surface area contributed by atoms with Crippen molar-refractivity contribution in [1.82, 2.24) is 15.1 Å². The van der Waals surface area contributed by atoms with Gasteiger partial charge in [0.05, 0.1) is 12.6 Å². The van der Waals surface area contributed by atoms with Crippen LogP contribution in [0, 0.1) is 5.82 Å². The molecule has 0 aromatic heterocycles. The molecule has 1 fully saturated rings. The van der Waals surface area contributed by atoms with Crippen molar-refractivity contribution in [3.05, 3.63) is 35.6 Å². The molecule has 1 aliphatic heterocycles. The summed E-state index contributed by atoms with van der Waals surface area (Å²) in [6.07, 6.45) is 0.926. The van der Waals surface area contributed by atoms with Gasteiger partial charge in [-0.15, -0.1) is 0 Å². The van der Waals surface area contributed by atoms with Gasteiger partial charge < -0.3 is 10.4 Å². The maximum Gasteiger partial charge on any atom is 0.237 e. The molecule has 24 heavy (non-hydrogen) atoms. The first kappa shape index (κ1) is 18.8. The molecule has 0 bridgehead atoms. The number of nitrogens with one attached hydrogen (secondary N) is 1. The van der Waals surface area contributed by atoms with Crippen molar-refractivity contribution in [2.75, 3.05) is 32.8 Å². The molecule has 1 heterocycles. The molecule has 1 aliphatic rings. The van der Waals surface area contributed by atoms with E-state index in [-0.39, 0.29) is 37.0 Å². The third-order valence-electron chi connectivity index (χ3n) is 4.89. The minimum atomic E-state index is -0.298. The number of halogens is 1. The molecule has 0 aliphatic carbocycles. The van der Waals surface area contributed by atoms with E-state index in [1.54, 1.807) is 18.2 Å². The van der Waals surface area contributed by atoms with Gasteiger partial charge in [0.15, 0.2) is 0 Å². The van der Waals surface area contributed by atoms with Gasteiger partial charge in [0.1, 0.15) is 5.82 Å². The van der Waals surface area contributed by atoms with Crippen LogP contribution in [0.3, 0.4) is 0 Å². The maximum atomic E-state index is 13.6. The molecule has 5 nitrogen and oxygen atoms in total. The predicted octanol–water partition coefficient (Wildman–Crippen LogP) is 1.22. The van der Waals surface area contributed by atoms with E-state index >= 15 is 0 Å². The monoisotopic (exact) mass is 337 g/mol. The fourth-order valence-corrected chi connectivity index (χ4v) is 3.13. The summed E-state index contributed by atoms with van der Waals surface area (Å²) in [5.74, 6) is -0.380. The lowest BCUT2D eigenvalue weighted by atomic mass is 10.1. The third kappa shape index (κ3) is 4.75. The van der Waals surface area contributed by atoms with Crippen molar-refractivity contribution >= 4 is 5.91 Å². The van der Waals surface area contributed by atoms with E-state index in [2.05, 4.69) is 22.0 Å². The average molecular weight is 337 g/mol. The number of nitrogens with zero attached hydrogens (tertiary/aromatic N) is 2. The van der Waals surface area contributed by atoms with E-state index in [1.165, 1.54) is 6.07 Å². The van der Waals surface area contributed by atoms with Gasteiger partial charge in [-0.05, 0) is 19.4 Å². The smallest absolute Gasteiger partial charge is 0.237 e. The largest absolute Gasteiger partial charge is 0.395 e. The second-order valence-corrected chi connectivity index (χ2v) is 6.30. The van der Waals surface area contributed by atoms with Gasteiger partial charge in [0.2, 0.25) is 5.91 Å². The van der Waals surface area contributed by atoms with E-state index < -0.39 is 0 Å². The Labute approximate surface area is 143 Å². The van der Waals surface area contributed by atoms with Gasteiger partial charge in [-0.1, -0.05) is 25.1 Å². The van der Waals surface area contributed by atoms with Crippen molar-refractivity contribution in [2.45, 2.75) is 38.9 Å². The van der Waals surface area contributed by atoms with Crippen LogP contribution in [0.15, 0.2) is 24.3 Å². The molecule has 134 valence electrons. The number of aliphatic hydroxyl groups excluding tert-OH is 1. The molecule has 2 rings (SSSR count). The Morgan fingerprint density at radius 3 is 2.46 bits per heavy atom. The van der Waals surface area contributed by atoms with E-state index in [0.717, 1.165) is 32.6 Å². The minimum absolute atomic E-state index is 0.0825. The Hall–Kier alpha value is -1.50. The number of piperazine rings is 1. The first-order chi connectivity index (χ1) is 11.6. The normalized spacial score (nSPS) is 19.0. The van der Waals surface area contributed by atoms with Crippen molar-refractivity contribution in [2.24, 2.45) is 0 Å². The summed E-state index contributed by atoms with van der Waals surface area (Å²) < 4.78 is 13.6. The zero-order valence-corrected chi connectivity index (χ0v) is 14.5. The van der Waals surface area contributed by atoms with Gasteiger partial charge in [-0.3, -0.25) is 14.6 Å². The summed E-state index contributed by atoms with van der Waals surface area (Å²) >= 11 is 0. The minimum Gasteiger partial charge on any atom is -0.395 e. The highest BCUT2D eigenvalue weighted by atomic mass is 19.1. The van der Waals surface area contributed by atoms with Crippen LogP contribution in [-0.2, 0) is 11.3 Å². The highest BCUT2D eigenvalue weighted by Gasteiger charge is 2.27. The maximum absolute atomic E-state index is 13.6. The van der Waals surface area contributed by atoms with Crippen LogP contribution in [0.4, 0.5) is 4.39 Å². The molecule has 0 saturated carbocycles. The van der Waals surface area contributed by atoms with E-state index in [4.69, 9.17) is 0 Å². The topological polar surface area (TPSA) is 55.8 Å². The molecule has 1 amide bonds. The highest BCUT2D eigenvalue weighted by Crippen LogP contribution is 2.12. The van der Waals surface area contributed by atoms with Crippen LogP contribution in [0.2, 0.25) is 0 Å². The number of carbonyl (C=O) groups excluding carboxylic acids is 1. The molecule has 1 aromatic rings. The highest BCUT2D eigenvalue weighted by molar-refractivity contribution is 5.81. The second kappa shape index (κ2) is 9.11. The molecule has 0 spiro atoms. The first-order valence-electron chi connectivity index (χ1n) is 8.66. The SMILES string of the molecule is CCC(CO)N1CCN(C(C)C(=O)NCc2ccccc2F)CC1. The molecular formula is C18H28FN3O2. The quantitative estimate of drug-likeness (QED) is 0.786.